The van der Waals surface area contributed by atoms with Gasteiger partial charge in [0.15, 0.2) is 0 Å². The molecule has 0 aliphatic carbocycles. The van der Waals surface area contributed by atoms with E-state index in [1.54, 1.807) is 0 Å². The van der Waals surface area contributed by atoms with Crippen molar-refractivity contribution in [3.63, 3.8) is 0 Å². The van der Waals surface area contributed by atoms with Crippen LogP contribution >= 0.6 is 0 Å². The predicted molar refractivity (Wildman–Crippen MR) is 79.4 cm³/mol. The molecule has 0 rings (SSSR count). The molecular formula is C16H35N. The molecule has 0 aliphatic rings. The summed E-state index contributed by atoms with van der Waals surface area (Å²) in [6, 6.07) is 0. The lowest BCUT2D eigenvalue weighted by Gasteiger charge is -2.27. The second-order valence-corrected chi connectivity index (χ2v) is 7.85. The summed E-state index contributed by atoms with van der Waals surface area (Å²) < 4.78 is 0. The molecule has 0 fully saturated rings. The summed E-state index contributed by atoms with van der Waals surface area (Å²) in [5.74, 6) is 0.838. The van der Waals surface area contributed by atoms with Crippen LogP contribution in [0, 0.1) is 16.7 Å². The number of unbranched alkanes of at least 4 members (excludes halogenated alkanes) is 2. The zero-order valence-corrected chi connectivity index (χ0v) is 13.3. The number of hydrogen-bond donors (Lipinski definition) is 1. The first-order chi connectivity index (χ1) is 7.63. The van der Waals surface area contributed by atoms with Gasteiger partial charge in [0.25, 0.3) is 0 Å². The first-order valence-electron chi connectivity index (χ1n) is 7.33. The van der Waals surface area contributed by atoms with E-state index in [0.717, 1.165) is 12.5 Å². The maximum absolute atomic E-state index is 3.54. The van der Waals surface area contributed by atoms with Crippen molar-refractivity contribution < 1.29 is 0 Å². The molecule has 1 atom stereocenters. The van der Waals surface area contributed by atoms with Gasteiger partial charge in [0.05, 0.1) is 0 Å². The van der Waals surface area contributed by atoms with E-state index in [1.165, 1.54) is 32.2 Å². The molecule has 0 spiro atoms. The van der Waals surface area contributed by atoms with Crippen LogP contribution in [0.25, 0.3) is 0 Å². The lowest BCUT2D eigenvalue weighted by molar-refractivity contribution is 0.240. The summed E-state index contributed by atoms with van der Waals surface area (Å²) >= 11 is 0. The van der Waals surface area contributed by atoms with E-state index in [1.807, 2.05) is 0 Å². The fraction of sp³-hybridized carbons (Fsp3) is 1.00. The highest BCUT2D eigenvalue weighted by Gasteiger charge is 2.18. The Balaban J connectivity index is 3.36. The topological polar surface area (TPSA) is 12.0 Å². The summed E-state index contributed by atoms with van der Waals surface area (Å²) in [7, 11) is 0. The molecule has 0 aromatic rings. The molecule has 0 aromatic heterocycles. The largest absolute Gasteiger partial charge is 0.316 e. The highest BCUT2D eigenvalue weighted by molar-refractivity contribution is 4.70. The highest BCUT2D eigenvalue weighted by atomic mass is 14.9. The van der Waals surface area contributed by atoms with Gasteiger partial charge < -0.3 is 5.32 Å². The van der Waals surface area contributed by atoms with Crippen molar-refractivity contribution in [3.05, 3.63) is 0 Å². The third kappa shape index (κ3) is 10.8. The first-order valence-corrected chi connectivity index (χ1v) is 7.33. The Bertz CT molecular complexity index is 183. The van der Waals surface area contributed by atoms with E-state index < -0.39 is 0 Å². The van der Waals surface area contributed by atoms with Crippen LogP contribution in [0.4, 0.5) is 0 Å². The summed E-state index contributed by atoms with van der Waals surface area (Å²) in [5, 5.41) is 3.54. The van der Waals surface area contributed by atoms with Crippen LogP contribution in [-0.4, -0.2) is 13.1 Å². The molecule has 0 heterocycles. The van der Waals surface area contributed by atoms with Gasteiger partial charge in [0.1, 0.15) is 0 Å². The molecule has 0 unspecified atom stereocenters. The average Bonchev–Trinajstić information content (AvgIpc) is 2.12. The van der Waals surface area contributed by atoms with Gasteiger partial charge in [-0.2, -0.15) is 0 Å². The fourth-order valence-corrected chi connectivity index (χ4v) is 1.77. The minimum atomic E-state index is 0.417. The maximum Gasteiger partial charge on any atom is -0.0000126 e. The molecule has 0 aliphatic heterocycles. The van der Waals surface area contributed by atoms with Gasteiger partial charge in [0.2, 0.25) is 0 Å². The molecule has 0 radical (unpaired) electrons. The van der Waals surface area contributed by atoms with Crippen molar-refractivity contribution in [1.29, 1.82) is 0 Å². The smallest absolute Gasteiger partial charge is 0.0000126 e. The first kappa shape index (κ1) is 17.0. The summed E-state index contributed by atoms with van der Waals surface area (Å²) in [6.07, 6.45) is 5.46. The molecule has 0 amide bonds. The molecule has 0 saturated heterocycles. The van der Waals surface area contributed by atoms with Crippen LogP contribution in [-0.2, 0) is 0 Å². The SMILES string of the molecule is C[C@H](CCCCCNCC(C)(C)C)C(C)(C)C. The lowest BCUT2D eigenvalue weighted by Crippen LogP contribution is -2.27. The summed E-state index contributed by atoms with van der Waals surface area (Å²) in [5.41, 5.74) is 0.894. The van der Waals surface area contributed by atoms with Gasteiger partial charge in [-0.05, 0) is 36.3 Å². The second kappa shape index (κ2) is 7.41. The van der Waals surface area contributed by atoms with E-state index in [2.05, 4.69) is 53.8 Å². The molecule has 104 valence electrons. The average molecular weight is 241 g/mol. The van der Waals surface area contributed by atoms with Crippen molar-refractivity contribution >= 4 is 0 Å². The van der Waals surface area contributed by atoms with Crippen LogP contribution < -0.4 is 5.32 Å². The van der Waals surface area contributed by atoms with E-state index in [-0.39, 0.29) is 0 Å². The summed E-state index contributed by atoms with van der Waals surface area (Å²) in [6.45, 7) is 18.6. The minimum absolute atomic E-state index is 0.417. The number of rotatable bonds is 7. The summed E-state index contributed by atoms with van der Waals surface area (Å²) in [4.78, 5) is 0. The van der Waals surface area contributed by atoms with Crippen LogP contribution in [0.15, 0.2) is 0 Å². The lowest BCUT2D eigenvalue weighted by atomic mass is 9.79. The van der Waals surface area contributed by atoms with Crippen LogP contribution in [0.5, 0.6) is 0 Å². The minimum Gasteiger partial charge on any atom is -0.316 e. The normalized spacial score (nSPS) is 15.0. The van der Waals surface area contributed by atoms with Gasteiger partial charge in [-0.15, -0.1) is 0 Å². The van der Waals surface area contributed by atoms with E-state index in [9.17, 15) is 0 Å². The Hall–Kier alpha value is -0.0400. The van der Waals surface area contributed by atoms with Crippen LogP contribution in [0.1, 0.15) is 74.1 Å². The Morgan fingerprint density at radius 1 is 0.882 bits per heavy atom. The van der Waals surface area contributed by atoms with Crippen LogP contribution in [0.2, 0.25) is 0 Å². The zero-order valence-electron chi connectivity index (χ0n) is 13.3. The van der Waals surface area contributed by atoms with Crippen molar-refractivity contribution in [2.75, 3.05) is 13.1 Å². The maximum atomic E-state index is 3.54. The highest BCUT2D eigenvalue weighted by Crippen LogP contribution is 2.29. The van der Waals surface area contributed by atoms with Crippen molar-refractivity contribution in [3.8, 4) is 0 Å². The molecule has 1 N–H and O–H groups in total. The second-order valence-electron chi connectivity index (χ2n) is 7.85. The standard InChI is InChI=1S/C16H35N/c1-14(16(5,6)7)11-9-8-10-12-17-13-15(2,3)4/h14,17H,8-13H2,1-7H3/t14-/m1/s1. The Morgan fingerprint density at radius 2 is 1.47 bits per heavy atom. The molecule has 1 heteroatoms. The Morgan fingerprint density at radius 3 is 1.94 bits per heavy atom. The third-order valence-electron chi connectivity index (χ3n) is 3.62. The quantitative estimate of drug-likeness (QED) is 0.627. The van der Waals surface area contributed by atoms with Crippen molar-refractivity contribution in [2.24, 2.45) is 16.7 Å². The van der Waals surface area contributed by atoms with Crippen LogP contribution in [0.3, 0.4) is 0 Å². The molecule has 0 bridgehead atoms. The van der Waals surface area contributed by atoms with E-state index in [0.29, 0.717) is 10.8 Å². The number of nitrogens with one attached hydrogen (secondary N) is 1. The van der Waals surface area contributed by atoms with Gasteiger partial charge in [-0.1, -0.05) is 67.7 Å². The van der Waals surface area contributed by atoms with Gasteiger partial charge in [0, 0.05) is 0 Å². The van der Waals surface area contributed by atoms with Gasteiger partial charge in [-0.25, -0.2) is 0 Å². The number of hydrogen-bond acceptors (Lipinski definition) is 1. The van der Waals surface area contributed by atoms with Gasteiger partial charge in [-0.3, -0.25) is 0 Å². The monoisotopic (exact) mass is 241 g/mol. The Labute approximate surface area is 110 Å². The molecule has 0 saturated carbocycles. The Kier molecular flexibility index (Phi) is 7.39. The van der Waals surface area contributed by atoms with Gasteiger partial charge >= 0.3 is 0 Å². The van der Waals surface area contributed by atoms with E-state index in [4.69, 9.17) is 0 Å². The van der Waals surface area contributed by atoms with E-state index >= 15 is 0 Å². The predicted octanol–water partition coefficient (Wildman–Crippen LogP) is 4.86. The fourth-order valence-electron chi connectivity index (χ4n) is 1.77. The zero-order chi connectivity index (χ0) is 13.5. The van der Waals surface area contributed by atoms with Crippen molar-refractivity contribution in [2.45, 2.75) is 74.1 Å². The molecule has 0 aromatic carbocycles. The molecule has 17 heavy (non-hydrogen) atoms. The molecular weight excluding hydrogens is 206 g/mol. The third-order valence-corrected chi connectivity index (χ3v) is 3.62. The van der Waals surface area contributed by atoms with Crippen molar-refractivity contribution in [1.82, 2.24) is 5.32 Å². The molecule has 1 nitrogen and oxygen atoms in total.